The van der Waals surface area contributed by atoms with E-state index in [9.17, 15) is 18.3 Å². The molecule has 0 saturated carbocycles. The first kappa shape index (κ1) is 23.9. The van der Waals surface area contributed by atoms with Crippen molar-refractivity contribution in [2.75, 3.05) is 6.61 Å². The molecule has 2 aliphatic heterocycles. The fourth-order valence-electron chi connectivity index (χ4n) is 3.95. The average Bonchev–Trinajstić information content (AvgIpc) is 3.40. The van der Waals surface area contributed by atoms with Crippen molar-refractivity contribution < 1.29 is 27.8 Å². The number of ether oxygens (including phenoxy) is 2. The van der Waals surface area contributed by atoms with E-state index in [0.29, 0.717) is 21.1 Å². The van der Waals surface area contributed by atoms with Crippen LogP contribution in [0.2, 0.25) is 4.34 Å². The second-order valence-electron chi connectivity index (χ2n) is 7.90. The lowest BCUT2D eigenvalue weighted by Crippen LogP contribution is -2.62. The number of nitrogens with zero attached hydrogens (tertiary/aromatic N) is 5. The highest BCUT2D eigenvalue weighted by atomic mass is 35.5. The largest absolute Gasteiger partial charge is 0.404 e. The van der Waals surface area contributed by atoms with E-state index >= 15 is 0 Å². The number of hydrogen-bond donors (Lipinski definition) is 2. The van der Waals surface area contributed by atoms with Crippen LogP contribution in [0.5, 0.6) is 0 Å². The van der Waals surface area contributed by atoms with E-state index in [4.69, 9.17) is 26.8 Å². The zero-order valence-electron chi connectivity index (χ0n) is 18.0. The lowest BCUT2D eigenvalue weighted by Gasteiger charge is -2.48. The lowest BCUT2D eigenvalue weighted by atomic mass is 9.89. The quantitative estimate of drug-likeness (QED) is 0.387. The number of aliphatic hydroxyl groups excluding tert-OH is 1. The Hall–Kier alpha value is -2.84. The minimum atomic E-state index is -1.59. The number of halogens is 4. The molecule has 0 spiro atoms. The van der Waals surface area contributed by atoms with Crippen LogP contribution in [-0.4, -0.2) is 62.0 Å². The molecule has 184 valence electrons. The van der Waals surface area contributed by atoms with Crippen molar-refractivity contribution in [1.29, 1.82) is 0 Å². The molecule has 4 heterocycles. The van der Waals surface area contributed by atoms with Crippen molar-refractivity contribution in [2.24, 2.45) is 10.7 Å². The van der Waals surface area contributed by atoms with Crippen LogP contribution < -0.4 is 5.73 Å². The first-order valence-corrected chi connectivity index (χ1v) is 11.6. The SMILES string of the molecule is Cc1nc(C2OC3COC3C(N=C/C(=C\N)c3cc(F)c(F)c(F)c3)C2O)n(-c2ncc(Cl)s2)n1. The summed E-state index contributed by atoms with van der Waals surface area (Å²) in [6.45, 7) is 1.97. The smallest absolute Gasteiger partial charge is 0.213 e. The van der Waals surface area contributed by atoms with E-state index in [-0.39, 0.29) is 23.8 Å². The molecule has 5 rings (SSSR count). The Kier molecular flexibility index (Phi) is 6.36. The van der Waals surface area contributed by atoms with Gasteiger partial charge >= 0.3 is 0 Å². The van der Waals surface area contributed by atoms with Crippen molar-refractivity contribution in [2.45, 2.75) is 37.4 Å². The molecule has 35 heavy (non-hydrogen) atoms. The van der Waals surface area contributed by atoms with Gasteiger partial charge in [-0.05, 0) is 24.6 Å². The van der Waals surface area contributed by atoms with Crippen LogP contribution in [0, 0.1) is 24.4 Å². The molecule has 0 bridgehead atoms. The van der Waals surface area contributed by atoms with Gasteiger partial charge in [-0.1, -0.05) is 22.9 Å². The number of fused-ring (bicyclic) bond motifs is 1. The van der Waals surface area contributed by atoms with Gasteiger partial charge in [0.05, 0.1) is 12.8 Å². The van der Waals surface area contributed by atoms with E-state index in [1.165, 1.54) is 28.4 Å². The normalized spacial score (nSPS) is 26.7. The Morgan fingerprint density at radius 3 is 2.69 bits per heavy atom. The lowest BCUT2D eigenvalue weighted by molar-refractivity contribution is -0.273. The van der Waals surface area contributed by atoms with E-state index in [1.807, 2.05) is 0 Å². The third kappa shape index (κ3) is 4.34. The Bertz CT molecular complexity index is 1310. The van der Waals surface area contributed by atoms with E-state index in [1.54, 1.807) is 6.92 Å². The van der Waals surface area contributed by atoms with Gasteiger partial charge in [-0.2, -0.15) is 4.68 Å². The first-order chi connectivity index (χ1) is 16.8. The molecule has 1 aromatic carbocycles. The molecule has 0 radical (unpaired) electrons. The van der Waals surface area contributed by atoms with Gasteiger partial charge in [-0.15, -0.1) is 5.10 Å². The molecule has 2 fully saturated rings. The molecule has 5 atom stereocenters. The number of allylic oxidation sites excluding steroid dienone is 1. The minimum Gasteiger partial charge on any atom is -0.404 e. The summed E-state index contributed by atoms with van der Waals surface area (Å²) in [7, 11) is 0. The van der Waals surface area contributed by atoms with Crippen molar-refractivity contribution in [3.63, 3.8) is 0 Å². The maximum atomic E-state index is 13.7. The Morgan fingerprint density at radius 1 is 1.34 bits per heavy atom. The molecular formula is C21H18ClF3N6O3S. The summed E-state index contributed by atoms with van der Waals surface area (Å²) in [4.78, 5) is 13.0. The molecule has 2 aliphatic rings. The summed E-state index contributed by atoms with van der Waals surface area (Å²) in [6.07, 6.45) is 0.683. The van der Waals surface area contributed by atoms with Gasteiger partial charge in [-0.3, -0.25) is 4.99 Å². The summed E-state index contributed by atoms with van der Waals surface area (Å²) in [5.41, 5.74) is 5.72. The molecule has 3 N–H and O–H groups in total. The topological polar surface area (TPSA) is 121 Å². The standard InChI is InChI=1S/C21H18ClF3N6O3S/c1-8-29-20(31(30-8)21-28-6-14(22)35-21)19-17(32)16(18-13(34-19)7-33-18)27-5-10(4-26)9-2-11(23)15(25)12(24)3-9/h2-6,13,16-19,32H,7,26H2,1H3/b10-4+,27-5?. The van der Waals surface area contributed by atoms with Crippen LogP contribution in [0.25, 0.3) is 10.7 Å². The molecule has 14 heteroatoms. The van der Waals surface area contributed by atoms with Crippen LogP contribution in [0.1, 0.15) is 23.3 Å². The van der Waals surface area contributed by atoms with Crippen LogP contribution in [-0.2, 0) is 9.47 Å². The highest BCUT2D eigenvalue weighted by Gasteiger charge is 2.52. The van der Waals surface area contributed by atoms with E-state index in [0.717, 1.165) is 18.3 Å². The Balaban J connectivity index is 1.46. The molecule has 0 amide bonds. The maximum absolute atomic E-state index is 13.7. The third-order valence-corrected chi connectivity index (χ3v) is 6.75. The number of rotatable bonds is 5. The van der Waals surface area contributed by atoms with E-state index in [2.05, 4.69) is 20.1 Å². The van der Waals surface area contributed by atoms with E-state index < -0.39 is 41.8 Å². The summed E-state index contributed by atoms with van der Waals surface area (Å²) in [5.74, 6) is -3.57. The number of aryl methyl sites for hydroxylation is 1. The molecular weight excluding hydrogens is 509 g/mol. The van der Waals surface area contributed by atoms with Gasteiger partial charge < -0.3 is 20.3 Å². The van der Waals surface area contributed by atoms with Gasteiger partial charge in [0.2, 0.25) is 5.13 Å². The number of aliphatic hydroxyl groups is 1. The predicted octanol–water partition coefficient (Wildman–Crippen LogP) is 2.74. The summed E-state index contributed by atoms with van der Waals surface area (Å²) < 4.78 is 54.3. The first-order valence-electron chi connectivity index (χ1n) is 10.4. The molecule has 2 aromatic heterocycles. The van der Waals surface area contributed by atoms with Crippen LogP contribution in [0.4, 0.5) is 13.2 Å². The second-order valence-corrected chi connectivity index (χ2v) is 9.54. The number of benzene rings is 1. The third-order valence-electron chi connectivity index (χ3n) is 5.66. The summed E-state index contributed by atoms with van der Waals surface area (Å²) >= 11 is 7.20. The second kappa shape index (κ2) is 9.32. The minimum absolute atomic E-state index is 0.0205. The zero-order chi connectivity index (χ0) is 24.9. The van der Waals surface area contributed by atoms with Crippen molar-refractivity contribution in [1.82, 2.24) is 19.7 Å². The van der Waals surface area contributed by atoms with Gasteiger partial charge in [0.25, 0.3) is 0 Å². The van der Waals surface area contributed by atoms with Crippen LogP contribution >= 0.6 is 22.9 Å². The number of thiazole rings is 1. The van der Waals surface area contributed by atoms with Gasteiger partial charge in [0.15, 0.2) is 23.3 Å². The monoisotopic (exact) mass is 526 g/mol. The highest BCUT2D eigenvalue weighted by molar-refractivity contribution is 7.18. The number of aromatic nitrogens is 4. The molecule has 0 aliphatic carbocycles. The van der Waals surface area contributed by atoms with Gasteiger partial charge in [0.1, 0.15) is 40.6 Å². The van der Waals surface area contributed by atoms with Gasteiger partial charge in [-0.25, -0.2) is 23.1 Å². The van der Waals surface area contributed by atoms with Crippen molar-refractivity contribution in [3.05, 3.63) is 63.5 Å². The highest BCUT2D eigenvalue weighted by Crippen LogP contribution is 2.39. The molecule has 9 nitrogen and oxygen atoms in total. The van der Waals surface area contributed by atoms with Gasteiger partial charge in [0, 0.05) is 18.0 Å². The molecule has 3 aromatic rings. The Morgan fingerprint density at radius 2 is 2.09 bits per heavy atom. The zero-order valence-corrected chi connectivity index (χ0v) is 19.6. The molecule has 2 saturated heterocycles. The number of aliphatic imine (C=N–C) groups is 1. The number of hydrogen-bond acceptors (Lipinski definition) is 9. The summed E-state index contributed by atoms with van der Waals surface area (Å²) in [6, 6.07) is 0.779. The van der Waals surface area contributed by atoms with Crippen LogP contribution in [0.3, 0.4) is 0 Å². The average molecular weight is 527 g/mol. The predicted molar refractivity (Wildman–Crippen MR) is 121 cm³/mol. The summed E-state index contributed by atoms with van der Waals surface area (Å²) in [5, 5.41) is 16.0. The fraction of sp³-hybridized carbons (Fsp3) is 0.333. The van der Waals surface area contributed by atoms with Crippen LogP contribution in [0.15, 0.2) is 29.5 Å². The van der Waals surface area contributed by atoms with Crippen molar-refractivity contribution in [3.8, 4) is 5.13 Å². The maximum Gasteiger partial charge on any atom is 0.213 e. The number of nitrogens with two attached hydrogens (primary N) is 1. The van der Waals surface area contributed by atoms with Crippen molar-refractivity contribution >= 4 is 34.7 Å². The Labute approximate surface area is 205 Å². The fourth-order valence-corrected chi connectivity index (χ4v) is 4.81. The molecule has 5 unspecified atom stereocenters.